The molecule has 2 nitrogen and oxygen atoms in total. The van der Waals surface area contributed by atoms with E-state index in [4.69, 9.17) is 0 Å². The van der Waals surface area contributed by atoms with E-state index in [-0.39, 0.29) is 0 Å². The lowest BCUT2D eigenvalue weighted by Crippen LogP contribution is -1.94. The van der Waals surface area contributed by atoms with Gasteiger partial charge >= 0.3 is 0 Å². The number of para-hydroxylation sites is 3. The first-order valence-corrected chi connectivity index (χ1v) is 9.87. The fourth-order valence-corrected chi connectivity index (χ4v) is 4.79. The summed E-state index contributed by atoms with van der Waals surface area (Å²) in [6, 6.07) is 32.8. The zero-order valence-corrected chi connectivity index (χ0v) is 15.8. The van der Waals surface area contributed by atoms with E-state index in [1.54, 1.807) is 0 Å². The highest BCUT2D eigenvalue weighted by molar-refractivity contribution is 6.28. The molecule has 0 saturated carbocycles. The molecule has 2 heterocycles. The molecular weight excluding hydrogens is 340 g/mol. The van der Waals surface area contributed by atoms with Crippen LogP contribution in [0.5, 0.6) is 0 Å². The van der Waals surface area contributed by atoms with Crippen LogP contribution in [0.2, 0.25) is 0 Å². The van der Waals surface area contributed by atoms with Crippen molar-refractivity contribution in [3.8, 4) is 5.69 Å². The van der Waals surface area contributed by atoms with Gasteiger partial charge in [-0.2, -0.15) is 0 Å². The van der Waals surface area contributed by atoms with Crippen molar-refractivity contribution in [2.24, 2.45) is 0 Å². The van der Waals surface area contributed by atoms with Crippen molar-refractivity contribution < 1.29 is 0 Å². The van der Waals surface area contributed by atoms with Crippen LogP contribution in [0.1, 0.15) is 6.92 Å². The Bertz CT molecular complexity index is 1480. The van der Waals surface area contributed by atoms with Crippen molar-refractivity contribution in [1.82, 2.24) is 9.13 Å². The van der Waals surface area contributed by atoms with Crippen LogP contribution in [0.4, 0.5) is 0 Å². The molecule has 134 valence electrons. The lowest BCUT2D eigenvalue weighted by molar-refractivity contribution is 0.827. The molecule has 2 aromatic heterocycles. The van der Waals surface area contributed by atoms with Gasteiger partial charge in [-0.1, -0.05) is 54.6 Å². The van der Waals surface area contributed by atoms with Gasteiger partial charge in [-0.3, -0.25) is 0 Å². The Balaban J connectivity index is 1.92. The summed E-state index contributed by atoms with van der Waals surface area (Å²) < 4.78 is 4.82. The summed E-state index contributed by atoms with van der Waals surface area (Å²) in [5, 5.41) is 5.35. The Morgan fingerprint density at radius 3 is 1.86 bits per heavy atom. The van der Waals surface area contributed by atoms with Gasteiger partial charge in [0.1, 0.15) is 0 Å². The van der Waals surface area contributed by atoms with Gasteiger partial charge in [0, 0.05) is 44.8 Å². The summed E-state index contributed by atoms with van der Waals surface area (Å²) >= 11 is 0. The van der Waals surface area contributed by atoms with Crippen LogP contribution < -0.4 is 0 Å². The molecule has 0 spiro atoms. The number of aromatic nitrogens is 2. The van der Waals surface area contributed by atoms with Gasteiger partial charge in [0.2, 0.25) is 0 Å². The van der Waals surface area contributed by atoms with Crippen molar-refractivity contribution in [1.29, 1.82) is 0 Å². The minimum atomic E-state index is 0.965. The Labute approximate surface area is 163 Å². The molecule has 0 saturated heterocycles. The Morgan fingerprint density at radius 2 is 1.11 bits per heavy atom. The van der Waals surface area contributed by atoms with Gasteiger partial charge in [-0.15, -0.1) is 0 Å². The van der Waals surface area contributed by atoms with Crippen molar-refractivity contribution in [3.63, 3.8) is 0 Å². The van der Waals surface area contributed by atoms with E-state index < -0.39 is 0 Å². The predicted octanol–water partition coefficient (Wildman–Crippen LogP) is 6.91. The van der Waals surface area contributed by atoms with Crippen LogP contribution in [-0.2, 0) is 6.54 Å². The van der Waals surface area contributed by atoms with E-state index in [1.165, 1.54) is 49.3 Å². The molecule has 6 aromatic rings. The van der Waals surface area contributed by atoms with Gasteiger partial charge < -0.3 is 9.13 Å². The van der Waals surface area contributed by atoms with E-state index in [9.17, 15) is 0 Å². The smallest absolute Gasteiger partial charge is 0.0548 e. The minimum absolute atomic E-state index is 0.965. The van der Waals surface area contributed by atoms with Crippen LogP contribution in [-0.4, -0.2) is 9.13 Å². The molecule has 4 aromatic carbocycles. The minimum Gasteiger partial charge on any atom is -0.341 e. The lowest BCUT2D eigenvalue weighted by Gasteiger charge is -2.08. The summed E-state index contributed by atoms with van der Waals surface area (Å²) in [6.45, 7) is 3.19. The van der Waals surface area contributed by atoms with E-state index in [0.717, 1.165) is 6.54 Å². The maximum atomic E-state index is 2.43. The molecular formula is C26H20N2. The monoisotopic (exact) mass is 360 g/mol. The molecule has 0 N–H and O–H groups in total. The quantitative estimate of drug-likeness (QED) is 0.317. The van der Waals surface area contributed by atoms with Crippen LogP contribution in [0, 0.1) is 0 Å². The van der Waals surface area contributed by atoms with Gasteiger partial charge in [0.15, 0.2) is 0 Å². The number of hydrogen-bond acceptors (Lipinski definition) is 0. The third kappa shape index (κ3) is 1.92. The van der Waals surface area contributed by atoms with E-state index in [0.29, 0.717) is 0 Å². The molecule has 0 bridgehead atoms. The first-order valence-electron chi connectivity index (χ1n) is 9.87. The molecule has 0 aliphatic rings. The standard InChI is InChI=1S/C26H20N2/c1-2-27-21-14-8-6-12-19(21)25-23(27)16-17-24-26(25)20-13-7-9-15-22(20)28(24)18-10-4-3-5-11-18/h3-17H,2H2,1H3. The first kappa shape index (κ1) is 15.5. The Kier molecular flexibility index (Phi) is 3.18. The Morgan fingerprint density at radius 1 is 0.536 bits per heavy atom. The summed E-state index contributed by atoms with van der Waals surface area (Å²) in [6.07, 6.45) is 0. The molecule has 28 heavy (non-hydrogen) atoms. The summed E-state index contributed by atoms with van der Waals surface area (Å²) in [7, 11) is 0. The number of nitrogens with zero attached hydrogens (tertiary/aromatic N) is 2. The number of hydrogen-bond donors (Lipinski definition) is 0. The van der Waals surface area contributed by atoms with Gasteiger partial charge in [0.05, 0.1) is 11.0 Å². The highest BCUT2D eigenvalue weighted by Crippen LogP contribution is 2.40. The van der Waals surface area contributed by atoms with Crippen LogP contribution >= 0.6 is 0 Å². The number of aryl methyl sites for hydroxylation is 1. The van der Waals surface area contributed by atoms with E-state index in [2.05, 4.69) is 107 Å². The van der Waals surface area contributed by atoms with Crippen molar-refractivity contribution in [2.75, 3.05) is 0 Å². The predicted molar refractivity (Wildman–Crippen MR) is 119 cm³/mol. The third-order valence-electron chi connectivity index (χ3n) is 5.90. The highest BCUT2D eigenvalue weighted by atomic mass is 15.0. The average Bonchev–Trinajstić information content (AvgIpc) is 3.26. The second kappa shape index (κ2) is 5.74. The summed E-state index contributed by atoms with van der Waals surface area (Å²) in [4.78, 5) is 0. The highest BCUT2D eigenvalue weighted by Gasteiger charge is 2.18. The molecule has 0 aliphatic carbocycles. The van der Waals surface area contributed by atoms with Gasteiger partial charge in [-0.05, 0) is 43.3 Å². The zero-order chi connectivity index (χ0) is 18.7. The molecule has 2 heteroatoms. The average molecular weight is 360 g/mol. The largest absolute Gasteiger partial charge is 0.341 e. The van der Waals surface area contributed by atoms with E-state index >= 15 is 0 Å². The Hall–Kier alpha value is -3.52. The summed E-state index contributed by atoms with van der Waals surface area (Å²) in [5.74, 6) is 0. The molecule has 0 aliphatic heterocycles. The van der Waals surface area contributed by atoms with Gasteiger partial charge in [-0.25, -0.2) is 0 Å². The molecule has 0 atom stereocenters. The maximum absolute atomic E-state index is 2.43. The van der Waals surface area contributed by atoms with E-state index in [1.807, 2.05) is 0 Å². The van der Waals surface area contributed by atoms with Gasteiger partial charge in [0.25, 0.3) is 0 Å². The fourth-order valence-electron chi connectivity index (χ4n) is 4.79. The fraction of sp³-hybridized carbons (Fsp3) is 0.0769. The van der Waals surface area contributed by atoms with Crippen LogP contribution in [0.15, 0.2) is 91.0 Å². The lowest BCUT2D eigenvalue weighted by atomic mass is 10.1. The topological polar surface area (TPSA) is 9.86 Å². The SMILES string of the molecule is CCn1c2ccccc2c2c3c4ccccc4n(-c4ccccc4)c3ccc21. The second-order valence-corrected chi connectivity index (χ2v) is 7.30. The summed E-state index contributed by atoms with van der Waals surface area (Å²) in [5.41, 5.74) is 6.34. The van der Waals surface area contributed by atoms with Crippen molar-refractivity contribution in [3.05, 3.63) is 91.0 Å². The molecule has 0 unspecified atom stereocenters. The van der Waals surface area contributed by atoms with Crippen molar-refractivity contribution >= 4 is 43.6 Å². The van der Waals surface area contributed by atoms with Crippen LogP contribution in [0.3, 0.4) is 0 Å². The molecule has 0 radical (unpaired) electrons. The number of fused-ring (bicyclic) bond motifs is 7. The number of benzene rings is 4. The first-order chi connectivity index (χ1) is 13.9. The third-order valence-corrected chi connectivity index (χ3v) is 5.90. The molecule has 6 rings (SSSR count). The normalized spacial score (nSPS) is 11.9. The number of rotatable bonds is 2. The maximum Gasteiger partial charge on any atom is 0.0548 e. The van der Waals surface area contributed by atoms with Crippen molar-refractivity contribution in [2.45, 2.75) is 13.5 Å². The second-order valence-electron chi connectivity index (χ2n) is 7.30. The zero-order valence-electron chi connectivity index (χ0n) is 15.8. The molecule has 0 amide bonds. The van der Waals surface area contributed by atoms with Crippen LogP contribution in [0.25, 0.3) is 49.3 Å². The molecule has 0 fully saturated rings.